The number of phenolic OH excluding ortho intramolecular Hbond substituents is 1. The average molecular weight is 536 g/mol. The van der Waals surface area contributed by atoms with Crippen LogP contribution in [0.3, 0.4) is 0 Å². The highest BCUT2D eigenvalue weighted by Crippen LogP contribution is 2.44. The van der Waals surface area contributed by atoms with Gasteiger partial charge in [-0.05, 0) is 68.6 Å². The SMILES string of the molecule is Cc1c(F)cccc1[C@@H]1[C@@H](C(=O)c2cccc(O)c2)CN(CCCN)C[C@H]1C(=O)N1CCC[C@H]1C(F)(F)F. The standard InChI is InChI=1S/C28H33F4N3O3/c1-17-20(8-3-9-23(17)29)25-21(26(37)18-6-2-7-19(36)14-18)15-34(12-5-11-33)16-22(25)27(38)35-13-4-10-24(35)28(30,31)32/h2-3,6-9,14,21-22,24-25,36H,4-5,10-13,15-16,33H2,1H3/t21-,22+,24-,25+/m0/s1. The van der Waals surface area contributed by atoms with E-state index in [2.05, 4.69) is 0 Å². The van der Waals surface area contributed by atoms with E-state index in [9.17, 15) is 32.3 Å². The number of aromatic hydroxyl groups is 1. The van der Waals surface area contributed by atoms with Gasteiger partial charge in [0.25, 0.3) is 0 Å². The van der Waals surface area contributed by atoms with Gasteiger partial charge in [0.1, 0.15) is 17.6 Å². The molecule has 2 aliphatic heterocycles. The quantitative estimate of drug-likeness (QED) is 0.409. The third-order valence-corrected chi connectivity index (χ3v) is 7.82. The Morgan fingerprint density at radius 3 is 2.50 bits per heavy atom. The average Bonchev–Trinajstić information content (AvgIpc) is 3.39. The summed E-state index contributed by atoms with van der Waals surface area (Å²) >= 11 is 0. The van der Waals surface area contributed by atoms with Crippen LogP contribution in [0.1, 0.15) is 46.7 Å². The maximum Gasteiger partial charge on any atom is 0.408 e. The number of carbonyl (C=O) groups excluding carboxylic acids is 2. The van der Waals surface area contributed by atoms with Crippen LogP contribution in [0.25, 0.3) is 0 Å². The fraction of sp³-hybridized carbons (Fsp3) is 0.500. The summed E-state index contributed by atoms with van der Waals surface area (Å²) in [6.07, 6.45) is -3.93. The molecule has 0 radical (unpaired) electrons. The Balaban J connectivity index is 1.82. The number of alkyl halides is 3. The molecule has 0 bridgehead atoms. The number of Topliss-reactive ketones (excluding diaryl/α,β-unsaturated/α-hetero) is 1. The molecule has 0 aromatic heterocycles. The number of benzene rings is 2. The van der Waals surface area contributed by atoms with Crippen molar-refractivity contribution in [2.24, 2.45) is 17.6 Å². The van der Waals surface area contributed by atoms with Crippen LogP contribution in [0.2, 0.25) is 0 Å². The van der Waals surface area contributed by atoms with E-state index in [1.54, 1.807) is 19.1 Å². The van der Waals surface area contributed by atoms with Gasteiger partial charge < -0.3 is 20.6 Å². The van der Waals surface area contributed by atoms with E-state index in [0.717, 1.165) is 4.90 Å². The van der Waals surface area contributed by atoms with Gasteiger partial charge in [-0.25, -0.2) is 4.39 Å². The van der Waals surface area contributed by atoms with Crippen LogP contribution in [-0.2, 0) is 4.79 Å². The molecule has 0 saturated carbocycles. The lowest BCUT2D eigenvalue weighted by Crippen LogP contribution is -2.55. The van der Waals surface area contributed by atoms with Gasteiger partial charge >= 0.3 is 6.18 Å². The number of hydrogen-bond acceptors (Lipinski definition) is 5. The van der Waals surface area contributed by atoms with Crippen molar-refractivity contribution in [2.75, 3.05) is 32.7 Å². The Labute approximate surface area is 219 Å². The van der Waals surface area contributed by atoms with Crippen molar-refractivity contribution >= 4 is 11.7 Å². The monoisotopic (exact) mass is 535 g/mol. The van der Waals surface area contributed by atoms with E-state index in [0.29, 0.717) is 25.1 Å². The van der Waals surface area contributed by atoms with Crippen LogP contribution >= 0.6 is 0 Å². The van der Waals surface area contributed by atoms with E-state index in [1.807, 2.05) is 4.90 Å². The fourth-order valence-electron chi connectivity index (χ4n) is 5.99. The zero-order chi connectivity index (χ0) is 27.6. The van der Waals surface area contributed by atoms with Gasteiger partial charge in [-0.2, -0.15) is 13.2 Å². The number of amides is 1. The summed E-state index contributed by atoms with van der Waals surface area (Å²) in [4.78, 5) is 30.6. The number of halogens is 4. The molecule has 6 nitrogen and oxygen atoms in total. The number of likely N-dealkylation sites (tertiary alicyclic amines) is 2. The third kappa shape index (κ3) is 5.71. The smallest absolute Gasteiger partial charge is 0.408 e. The Hall–Kier alpha value is -2.98. The molecule has 3 N–H and O–H groups in total. The molecule has 1 amide bonds. The molecule has 2 aromatic rings. The summed E-state index contributed by atoms with van der Waals surface area (Å²) in [6, 6.07) is 8.36. The topological polar surface area (TPSA) is 86.9 Å². The van der Waals surface area contributed by atoms with E-state index in [1.165, 1.54) is 30.3 Å². The summed E-state index contributed by atoms with van der Waals surface area (Å²) in [6.45, 7) is 2.71. The maximum absolute atomic E-state index is 14.7. The lowest BCUT2D eigenvalue weighted by molar-refractivity contribution is -0.185. The number of ketones is 1. The van der Waals surface area contributed by atoms with Crippen LogP contribution in [0, 0.1) is 24.6 Å². The molecular formula is C28H33F4N3O3. The van der Waals surface area contributed by atoms with Crippen molar-refractivity contribution in [3.63, 3.8) is 0 Å². The lowest BCUT2D eigenvalue weighted by Gasteiger charge is -2.45. The number of hydrogen-bond donors (Lipinski definition) is 2. The highest BCUT2D eigenvalue weighted by molar-refractivity contribution is 5.99. The predicted molar refractivity (Wildman–Crippen MR) is 134 cm³/mol. The summed E-state index contributed by atoms with van der Waals surface area (Å²) < 4.78 is 56.3. The summed E-state index contributed by atoms with van der Waals surface area (Å²) in [7, 11) is 0. The number of carbonyl (C=O) groups is 2. The molecule has 2 saturated heterocycles. The van der Waals surface area contributed by atoms with E-state index < -0.39 is 41.7 Å². The Morgan fingerprint density at radius 1 is 1.11 bits per heavy atom. The molecule has 0 spiro atoms. The molecule has 2 aliphatic rings. The molecular weight excluding hydrogens is 502 g/mol. The molecule has 2 aromatic carbocycles. The fourth-order valence-corrected chi connectivity index (χ4v) is 5.99. The third-order valence-electron chi connectivity index (χ3n) is 7.82. The van der Waals surface area contributed by atoms with Crippen LogP contribution in [0.4, 0.5) is 17.6 Å². The van der Waals surface area contributed by atoms with Gasteiger partial charge in [-0.1, -0.05) is 24.3 Å². The summed E-state index contributed by atoms with van der Waals surface area (Å²) in [5.74, 6) is -4.37. The first-order chi connectivity index (χ1) is 18.0. The maximum atomic E-state index is 14.7. The molecule has 2 fully saturated rings. The second-order valence-electron chi connectivity index (χ2n) is 10.2. The van der Waals surface area contributed by atoms with Gasteiger partial charge in [0.05, 0.1) is 5.92 Å². The Morgan fingerprint density at radius 2 is 1.82 bits per heavy atom. The van der Waals surface area contributed by atoms with Gasteiger partial charge in [0, 0.05) is 37.0 Å². The van der Waals surface area contributed by atoms with Crippen molar-refractivity contribution in [3.05, 3.63) is 65.0 Å². The first-order valence-electron chi connectivity index (χ1n) is 12.9. The number of nitrogens with two attached hydrogens (primary N) is 1. The molecule has 0 unspecified atom stereocenters. The number of nitrogens with zero attached hydrogens (tertiary/aromatic N) is 2. The summed E-state index contributed by atoms with van der Waals surface area (Å²) in [5.41, 5.74) is 6.61. The molecule has 2 heterocycles. The minimum atomic E-state index is -4.57. The molecule has 10 heteroatoms. The van der Waals surface area contributed by atoms with E-state index in [-0.39, 0.29) is 55.1 Å². The largest absolute Gasteiger partial charge is 0.508 e. The molecule has 4 atom stereocenters. The second-order valence-corrected chi connectivity index (χ2v) is 10.2. The highest BCUT2D eigenvalue weighted by atomic mass is 19.4. The molecule has 0 aliphatic carbocycles. The van der Waals surface area contributed by atoms with Crippen molar-refractivity contribution in [3.8, 4) is 5.75 Å². The van der Waals surface area contributed by atoms with Crippen LogP contribution in [-0.4, -0.2) is 71.5 Å². The predicted octanol–water partition coefficient (Wildman–Crippen LogP) is 4.26. The lowest BCUT2D eigenvalue weighted by atomic mass is 9.69. The number of rotatable bonds is 7. The van der Waals surface area contributed by atoms with Crippen LogP contribution in [0.15, 0.2) is 42.5 Å². The minimum absolute atomic E-state index is 0.0255. The van der Waals surface area contributed by atoms with Crippen molar-refractivity contribution < 1.29 is 32.3 Å². The zero-order valence-corrected chi connectivity index (χ0v) is 21.3. The number of piperidine rings is 1. The Kier molecular flexibility index (Phi) is 8.42. The Bertz CT molecular complexity index is 1170. The van der Waals surface area contributed by atoms with Crippen molar-refractivity contribution in [2.45, 2.75) is 44.3 Å². The minimum Gasteiger partial charge on any atom is -0.508 e. The van der Waals surface area contributed by atoms with Crippen LogP contribution < -0.4 is 5.73 Å². The normalized spacial score (nSPS) is 24.5. The molecule has 38 heavy (non-hydrogen) atoms. The molecule has 206 valence electrons. The summed E-state index contributed by atoms with van der Waals surface area (Å²) in [5, 5.41) is 9.99. The van der Waals surface area contributed by atoms with Crippen molar-refractivity contribution in [1.82, 2.24) is 9.80 Å². The van der Waals surface area contributed by atoms with E-state index in [4.69, 9.17) is 5.73 Å². The van der Waals surface area contributed by atoms with Crippen molar-refractivity contribution in [1.29, 1.82) is 0 Å². The molecule has 4 rings (SSSR count). The van der Waals surface area contributed by atoms with Crippen LogP contribution in [0.5, 0.6) is 5.75 Å². The first-order valence-corrected chi connectivity index (χ1v) is 12.9. The zero-order valence-electron chi connectivity index (χ0n) is 21.3. The van der Waals surface area contributed by atoms with Gasteiger partial charge in [-0.3, -0.25) is 9.59 Å². The van der Waals surface area contributed by atoms with Gasteiger partial charge in [0.15, 0.2) is 5.78 Å². The highest BCUT2D eigenvalue weighted by Gasteiger charge is 2.52. The second kappa shape index (κ2) is 11.4. The van der Waals surface area contributed by atoms with Gasteiger partial charge in [-0.15, -0.1) is 0 Å². The van der Waals surface area contributed by atoms with E-state index >= 15 is 0 Å². The van der Waals surface area contributed by atoms with Gasteiger partial charge in [0.2, 0.25) is 5.91 Å². The first kappa shape index (κ1) is 28.0. The number of phenols is 1.